The monoisotopic (exact) mass is 572 g/mol. The molecule has 2 aliphatic rings. The number of benzene rings is 8. The summed E-state index contributed by atoms with van der Waals surface area (Å²) in [5.41, 5.74) is 11.4. The van der Waals surface area contributed by atoms with Gasteiger partial charge in [-0.15, -0.1) is 0 Å². The molecule has 1 saturated carbocycles. The second-order valence-corrected chi connectivity index (χ2v) is 13.2. The van der Waals surface area contributed by atoms with E-state index in [1.165, 1.54) is 113 Å². The number of fused-ring (bicyclic) bond motifs is 9. The number of hydrogen-bond donors (Lipinski definition) is 0. The molecule has 0 N–H and O–H groups in total. The lowest BCUT2D eigenvalue weighted by molar-refractivity contribution is 0.550. The van der Waals surface area contributed by atoms with Crippen LogP contribution in [0, 0.1) is 0 Å². The maximum absolute atomic E-state index is 2.57. The molecule has 1 fully saturated rings. The molecule has 8 aromatic rings. The molecule has 0 radical (unpaired) electrons. The average Bonchev–Trinajstić information content (AvgIpc) is 3.69. The van der Waals surface area contributed by atoms with E-state index in [0.29, 0.717) is 0 Å². The van der Waals surface area contributed by atoms with Crippen molar-refractivity contribution >= 4 is 43.1 Å². The van der Waals surface area contributed by atoms with E-state index in [9.17, 15) is 0 Å². The lowest BCUT2D eigenvalue weighted by Crippen LogP contribution is -2.20. The Bertz CT molecular complexity index is 2210. The molecule has 8 aromatic carbocycles. The van der Waals surface area contributed by atoms with Gasteiger partial charge in [-0.2, -0.15) is 0 Å². The van der Waals surface area contributed by atoms with Crippen LogP contribution in [0.2, 0.25) is 0 Å². The SMILES string of the molecule is c1ccc2c(-c3ccc4c(c3)C3(CCCC3)c3cc(-c5c6ccccc6cc6ccccc56)ccc3-4)c3ccccc3cc2c1. The van der Waals surface area contributed by atoms with Crippen LogP contribution >= 0.6 is 0 Å². The van der Waals surface area contributed by atoms with Crippen LogP contribution in [0.25, 0.3) is 76.5 Å². The van der Waals surface area contributed by atoms with Gasteiger partial charge in [0.2, 0.25) is 0 Å². The fourth-order valence-electron chi connectivity index (χ4n) is 8.97. The lowest BCUT2D eigenvalue weighted by atomic mass is 9.75. The van der Waals surface area contributed by atoms with Crippen LogP contribution < -0.4 is 0 Å². The summed E-state index contributed by atoms with van der Waals surface area (Å²) < 4.78 is 0. The molecular formula is C45H32. The van der Waals surface area contributed by atoms with Crippen LogP contribution in [0.1, 0.15) is 36.8 Å². The minimum atomic E-state index is 0.0669. The van der Waals surface area contributed by atoms with E-state index in [0.717, 1.165) is 0 Å². The summed E-state index contributed by atoms with van der Waals surface area (Å²) in [6.07, 6.45) is 4.99. The highest BCUT2D eigenvalue weighted by molar-refractivity contribution is 6.14. The average molecular weight is 573 g/mol. The van der Waals surface area contributed by atoms with Crippen molar-refractivity contribution in [2.24, 2.45) is 0 Å². The quantitative estimate of drug-likeness (QED) is 0.181. The third-order valence-corrected chi connectivity index (χ3v) is 10.9. The molecule has 0 aliphatic heterocycles. The van der Waals surface area contributed by atoms with Gasteiger partial charge in [-0.05, 0) is 125 Å². The van der Waals surface area contributed by atoms with Gasteiger partial charge in [0.15, 0.2) is 0 Å². The minimum Gasteiger partial charge on any atom is -0.0616 e. The maximum Gasteiger partial charge on any atom is 0.0215 e. The smallest absolute Gasteiger partial charge is 0.0215 e. The maximum atomic E-state index is 2.57. The van der Waals surface area contributed by atoms with Gasteiger partial charge >= 0.3 is 0 Å². The second-order valence-electron chi connectivity index (χ2n) is 13.2. The van der Waals surface area contributed by atoms with Crippen LogP contribution in [0.15, 0.2) is 146 Å². The summed E-state index contributed by atoms with van der Waals surface area (Å²) in [6, 6.07) is 55.0. The Hall–Kier alpha value is -5.20. The number of hydrogen-bond acceptors (Lipinski definition) is 0. The minimum absolute atomic E-state index is 0.0669. The Morgan fingerprint density at radius 3 is 1.09 bits per heavy atom. The first kappa shape index (κ1) is 25.2. The molecule has 0 amide bonds. The first-order valence-corrected chi connectivity index (χ1v) is 16.4. The van der Waals surface area contributed by atoms with E-state index in [1.54, 1.807) is 0 Å². The Labute approximate surface area is 263 Å². The fourth-order valence-corrected chi connectivity index (χ4v) is 8.97. The van der Waals surface area contributed by atoms with Crippen molar-refractivity contribution in [3.63, 3.8) is 0 Å². The Morgan fingerprint density at radius 1 is 0.356 bits per heavy atom. The summed E-state index contributed by atoms with van der Waals surface area (Å²) in [5, 5.41) is 10.5. The van der Waals surface area contributed by atoms with E-state index in [4.69, 9.17) is 0 Å². The van der Waals surface area contributed by atoms with Crippen LogP contribution in [-0.2, 0) is 5.41 Å². The van der Waals surface area contributed by atoms with Crippen molar-refractivity contribution < 1.29 is 0 Å². The molecular weight excluding hydrogens is 540 g/mol. The first-order valence-electron chi connectivity index (χ1n) is 16.4. The summed E-state index contributed by atoms with van der Waals surface area (Å²) in [6.45, 7) is 0. The van der Waals surface area contributed by atoms with Gasteiger partial charge in [0.25, 0.3) is 0 Å². The zero-order valence-electron chi connectivity index (χ0n) is 25.2. The normalized spacial score (nSPS) is 14.9. The largest absolute Gasteiger partial charge is 0.0616 e. The molecule has 1 spiro atoms. The molecule has 0 nitrogen and oxygen atoms in total. The highest BCUT2D eigenvalue weighted by Gasteiger charge is 2.45. The topological polar surface area (TPSA) is 0 Å². The molecule has 0 aromatic heterocycles. The molecule has 10 rings (SSSR count). The van der Waals surface area contributed by atoms with Gasteiger partial charge in [-0.1, -0.05) is 134 Å². The molecule has 0 unspecified atom stereocenters. The van der Waals surface area contributed by atoms with E-state index in [1.807, 2.05) is 0 Å². The van der Waals surface area contributed by atoms with Crippen LogP contribution in [-0.4, -0.2) is 0 Å². The molecule has 0 heteroatoms. The zero-order valence-corrected chi connectivity index (χ0v) is 25.2. The highest BCUT2D eigenvalue weighted by atomic mass is 14.5. The molecule has 0 atom stereocenters. The van der Waals surface area contributed by atoms with Crippen molar-refractivity contribution in [1.82, 2.24) is 0 Å². The van der Waals surface area contributed by atoms with Gasteiger partial charge in [0.1, 0.15) is 0 Å². The zero-order chi connectivity index (χ0) is 29.5. The highest BCUT2D eigenvalue weighted by Crippen LogP contribution is 2.58. The first-order chi connectivity index (χ1) is 22.3. The van der Waals surface area contributed by atoms with Crippen molar-refractivity contribution in [2.45, 2.75) is 31.1 Å². The Kier molecular flexibility index (Phi) is 5.26. The third kappa shape index (κ3) is 3.54. The molecule has 0 saturated heterocycles. The molecule has 0 bridgehead atoms. The standard InChI is InChI=1S/C45H32/c1-5-15-35-29(11-1)25-30-12-2-6-16-36(30)43(35)33-19-21-39-40-22-20-34(28-42(40)45(41(39)27-33)23-9-10-24-45)44-37-17-7-3-13-31(37)26-32-14-4-8-18-38(32)44/h1-8,11-22,25-28H,9-10,23-24H2. The fraction of sp³-hybridized carbons (Fsp3) is 0.111. The van der Waals surface area contributed by atoms with Crippen molar-refractivity contribution in [1.29, 1.82) is 0 Å². The predicted molar refractivity (Wildman–Crippen MR) is 192 cm³/mol. The van der Waals surface area contributed by atoms with Gasteiger partial charge < -0.3 is 0 Å². The molecule has 212 valence electrons. The van der Waals surface area contributed by atoms with E-state index in [2.05, 4.69) is 146 Å². The van der Waals surface area contributed by atoms with Gasteiger partial charge in [0, 0.05) is 5.41 Å². The van der Waals surface area contributed by atoms with Crippen molar-refractivity contribution in [2.75, 3.05) is 0 Å². The van der Waals surface area contributed by atoms with Crippen LogP contribution in [0.5, 0.6) is 0 Å². The van der Waals surface area contributed by atoms with Crippen LogP contribution in [0.4, 0.5) is 0 Å². The third-order valence-electron chi connectivity index (χ3n) is 10.9. The van der Waals surface area contributed by atoms with E-state index < -0.39 is 0 Å². The molecule has 45 heavy (non-hydrogen) atoms. The van der Waals surface area contributed by atoms with Gasteiger partial charge in [0.05, 0.1) is 0 Å². The summed E-state index contributed by atoms with van der Waals surface area (Å²) >= 11 is 0. The van der Waals surface area contributed by atoms with Crippen molar-refractivity contribution in [3.8, 4) is 33.4 Å². The lowest BCUT2D eigenvalue weighted by Gasteiger charge is -2.28. The summed E-state index contributed by atoms with van der Waals surface area (Å²) in [4.78, 5) is 0. The van der Waals surface area contributed by atoms with Gasteiger partial charge in [-0.3, -0.25) is 0 Å². The van der Waals surface area contributed by atoms with Crippen LogP contribution in [0.3, 0.4) is 0 Å². The predicted octanol–water partition coefficient (Wildman–Crippen LogP) is 12.5. The van der Waals surface area contributed by atoms with Gasteiger partial charge in [-0.25, -0.2) is 0 Å². The Morgan fingerprint density at radius 2 is 0.711 bits per heavy atom. The summed E-state index contributed by atoms with van der Waals surface area (Å²) in [7, 11) is 0. The second kappa shape index (κ2) is 9.40. The molecule has 2 aliphatic carbocycles. The van der Waals surface area contributed by atoms with E-state index >= 15 is 0 Å². The summed E-state index contributed by atoms with van der Waals surface area (Å²) in [5.74, 6) is 0. The van der Waals surface area contributed by atoms with Crippen molar-refractivity contribution in [3.05, 3.63) is 157 Å². The number of rotatable bonds is 2. The van der Waals surface area contributed by atoms with E-state index in [-0.39, 0.29) is 5.41 Å². The Balaban J connectivity index is 1.21. The molecule has 0 heterocycles.